The summed E-state index contributed by atoms with van der Waals surface area (Å²) in [5, 5.41) is 14.9. The van der Waals surface area contributed by atoms with Gasteiger partial charge in [-0.2, -0.15) is 0 Å². The van der Waals surface area contributed by atoms with Gasteiger partial charge in [-0.3, -0.25) is 4.40 Å². The van der Waals surface area contributed by atoms with E-state index in [1.807, 2.05) is 36.0 Å². The van der Waals surface area contributed by atoms with Gasteiger partial charge in [0.15, 0.2) is 4.96 Å². The van der Waals surface area contributed by atoms with Crippen LogP contribution in [-0.4, -0.2) is 26.1 Å². The first-order valence-electron chi connectivity index (χ1n) is 5.33. The highest BCUT2D eigenvalue weighted by molar-refractivity contribution is 7.15. The molecule has 16 heavy (non-hydrogen) atoms. The quantitative estimate of drug-likeness (QED) is 0.853. The molecule has 4 nitrogen and oxygen atoms in total. The van der Waals surface area contributed by atoms with Gasteiger partial charge in [0.2, 0.25) is 0 Å². The number of nitrogens with one attached hydrogen (secondary N) is 1. The fraction of sp³-hybridized carbons (Fsp3) is 0.545. The van der Waals surface area contributed by atoms with Gasteiger partial charge in [-0.05, 0) is 20.8 Å². The maximum Gasteiger partial charge on any atom is 0.193 e. The van der Waals surface area contributed by atoms with Crippen molar-refractivity contribution >= 4 is 16.3 Å². The van der Waals surface area contributed by atoms with Crippen LogP contribution in [0.5, 0.6) is 0 Å². The van der Waals surface area contributed by atoms with Crippen LogP contribution in [0.4, 0.5) is 0 Å². The first-order valence-corrected chi connectivity index (χ1v) is 6.21. The monoisotopic (exact) mass is 239 g/mol. The van der Waals surface area contributed by atoms with Gasteiger partial charge in [-0.25, -0.2) is 4.98 Å². The molecule has 88 valence electrons. The van der Waals surface area contributed by atoms with Crippen LogP contribution < -0.4 is 5.32 Å². The van der Waals surface area contributed by atoms with E-state index in [1.165, 1.54) is 0 Å². The fourth-order valence-electron chi connectivity index (χ4n) is 1.33. The highest BCUT2D eigenvalue weighted by Crippen LogP contribution is 2.13. The second-order valence-corrected chi connectivity index (χ2v) is 5.45. The molecule has 2 heterocycles. The molecule has 5 heteroatoms. The van der Waals surface area contributed by atoms with Crippen LogP contribution in [0.2, 0.25) is 0 Å². The number of aliphatic hydroxyl groups excluding tert-OH is 1. The summed E-state index contributed by atoms with van der Waals surface area (Å²) in [7, 11) is 0. The maximum absolute atomic E-state index is 9.57. The molecule has 1 atom stereocenters. The van der Waals surface area contributed by atoms with Gasteiger partial charge in [0.25, 0.3) is 0 Å². The van der Waals surface area contributed by atoms with Crippen molar-refractivity contribution in [2.75, 3.05) is 0 Å². The van der Waals surface area contributed by atoms with Gasteiger partial charge in [-0.1, -0.05) is 0 Å². The van der Waals surface area contributed by atoms with Crippen molar-refractivity contribution in [3.63, 3.8) is 0 Å². The number of hydrogen-bond donors (Lipinski definition) is 2. The summed E-state index contributed by atoms with van der Waals surface area (Å²) in [5.74, 6) is 0. The summed E-state index contributed by atoms with van der Waals surface area (Å²) in [4.78, 5) is 5.48. The molecule has 0 radical (unpaired) electrons. The third-order valence-electron chi connectivity index (χ3n) is 2.91. The van der Waals surface area contributed by atoms with Crippen molar-refractivity contribution in [1.29, 1.82) is 0 Å². The average Bonchev–Trinajstić information content (AvgIpc) is 2.73. The van der Waals surface area contributed by atoms with Crippen molar-refractivity contribution in [2.24, 2.45) is 0 Å². The Balaban J connectivity index is 2.03. The molecule has 2 aromatic heterocycles. The van der Waals surface area contributed by atoms with Gasteiger partial charge in [0.05, 0.1) is 11.8 Å². The Kier molecular flexibility index (Phi) is 3.01. The Bertz CT molecular complexity index is 444. The first-order chi connectivity index (χ1) is 7.49. The molecular weight excluding hydrogens is 222 g/mol. The third-order valence-corrected chi connectivity index (χ3v) is 3.68. The molecule has 1 unspecified atom stereocenters. The highest BCUT2D eigenvalue weighted by Gasteiger charge is 2.23. The largest absolute Gasteiger partial charge is 0.392 e. The number of fused-ring (bicyclic) bond motifs is 1. The summed E-state index contributed by atoms with van der Waals surface area (Å²) in [5.41, 5.74) is 0.706. The molecule has 0 saturated heterocycles. The molecule has 0 aliphatic rings. The van der Waals surface area contributed by atoms with Crippen molar-refractivity contribution in [3.8, 4) is 0 Å². The second kappa shape index (κ2) is 4.16. The zero-order valence-corrected chi connectivity index (χ0v) is 10.6. The van der Waals surface area contributed by atoms with Crippen LogP contribution in [0.25, 0.3) is 4.96 Å². The number of imidazole rings is 1. The molecule has 0 aliphatic carbocycles. The van der Waals surface area contributed by atoms with Crippen molar-refractivity contribution < 1.29 is 5.11 Å². The SMILES string of the molecule is CC(O)C(C)(C)NCc1cn2ccsc2n1. The molecule has 0 saturated carbocycles. The number of aliphatic hydroxyl groups is 1. The van der Waals surface area contributed by atoms with E-state index < -0.39 is 6.10 Å². The Hall–Kier alpha value is -0.910. The van der Waals surface area contributed by atoms with E-state index in [-0.39, 0.29) is 5.54 Å². The first kappa shape index (κ1) is 11.6. The van der Waals surface area contributed by atoms with Gasteiger partial charge >= 0.3 is 0 Å². The maximum atomic E-state index is 9.57. The summed E-state index contributed by atoms with van der Waals surface area (Å²) < 4.78 is 2.01. The van der Waals surface area contributed by atoms with Crippen LogP contribution in [0.15, 0.2) is 17.8 Å². The minimum Gasteiger partial charge on any atom is -0.392 e. The van der Waals surface area contributed by atoms with E-state index >= 15 is 0 Å². The molecule has 2 aromatic rings. The minimum atomic E-state index is -0.392. The molecule has 2 N–H and O–H groups in total. The number of nitrogens with zero attached hydrogens (tertiary/aromatic N) is 2. The van der Waals surface area contributed by atoms with Crippen LogP contribution in [0.3, 0.4) is 0 Å². The predicted molar refractivity (Wildman–Crippen MR) is 65.7 cm³/mol. The number of aromatic nitrogens is 2. The Labute approximate surface area is 98.9 Å². The van der Waals surface area contributed by atoms with E-state index in [1.54, 1.807) is 18.3 Å². The summed E-state index contributed by atoms with van der Waals surface area (Å²) in [6.07, 6.45) is 3.61. The van der Waals surface area contributed by atoms with Crippen molar-refractivity contribution in [1.82, 2.24) is 14.7 Å². The Morgan fingerprint density at radius 3 is 3.00 bits per heavy atom. The lowest BCUT2D eigenvalue weighted by Crippen LogP contribution is -2.47. The highest BCUT2D eigenvalue weighted by atomic mass is 32.1. The molecule has 0 aliphatic heterocycles. The van der Waals surface area contributed by atoms with Gasteiger partial charge < -0.3 is 10.4 Å². The zero-order valence-electron chi connectivity index (χ0n) is 9.77. The van der Waals surface area contributed by atoms with Crippen LogP contribution in [0.1, 0.15) is 26.5 Å². The van der Waals surface area contributed by atoms with Crippen LogP contribution in [-0.2, 0) is 6.54 Å². The number of thiazole rings is 1. The summed E-state index contributed by atoms with van der Waals surface area (Å²) >= 11 is 1.62. The minimum absolute atomic E-state index is 0.295. The normalized spacial score (nSPS) is 14.5. The molecule has 0 amide bonds. The average molecular weight is 239 g/mol. The van der Waals surface area contributed by atoms with Gasteiger partial charge in [-0.15, -0.1) is 11.3 Å². The van der Waals surface area contributed by atoms with Crippen molar-refractivity contribution in [3.05, 3.63) is 23.5 Å². The predicted octanol–water partition coefficient (Wildman–Crippen LogP) is 1.64. The van der Waals surface area contributed by atoms with Gasteiger partial charge in [0.1, 0.15) is 0 Å². The molecular formula is C11H17N3OS. The molecule has 0 bridgehead atoms. The third kappa shape index (κ3) is 2.26. The smallest absolute Gasteiger partial charge is 0.193 e. The lowest BCUT2D eigenvalue weighted by atomic mass is 9.99. The van der Waals surface area contributed by atoms with Gasteiger partial charge in [0, 0.05) is 29.9 Å². The van der Waals surface area contributed by atoms with E-state index in [0.717, 1.165) is 10.7 Å². The van der Waals surface area contributed by atoms with E-state index in [2.05, 4.69) is 10.3 Å². The topological polar surface area (TPSA) is 49.6 Å². The summed E-state index contributed by atoms with van der Waals surface area (Å²) in [6, 6.07) is 0. The van der Waals surface area contributed by atoms with Crippen LogP contribution >= 0.6 is 11.3 Å². The standard InChI is InChI=1S/C11H17N3OS/c1-8(15)11(2,3)12-6-9-7-14-4-5-16-10(14)13-9/h4-5,7-8,12,15H,6H2,1-3H3. The lowest BCUT2D eigenvalue weighted by molar-refractivity contribution is 0.0954. The molecule has 0 aromatic carbocycles. The Morgan fingerprint density at radius 1 is 1.62 bits per heavy atom. The Morgan fingerprint density at radius 2 is 2.38 bits per heavy atom. The second-order valence-electron chi connectivity index (χ2n) is 4.58. The number of rotatable bonds is 4. The van der Waals surface area contributed by atoms with E-state index in [9.17, 15) is 5.11 Å². The number of hydrogen-bond acceptors (Lipinski definition) is 4. The van der Waals surface area contributed by atoms with E-state index in [4.69, 9.17) is 0 Å². The lowest BCUT2D eigenvalue weighted by Gasteiger charge is -2.29. The molecule has 0 spiro atoms. The van der Waals surface area contributed by atoms with E-state index in [0.29, 0.717) is 6.54 Å². The fourth-order valence-corrected chi connectivity index (χ4v) is 2.05. The van der Waals surface area contributed by atoms with Crippen LogP contribution in [0, 0.1) is 0 Å². The summed E-state index contributed by atoms with van der Waals surface area (Å²) in [6.45, 7) is 6.43. The molecule has 0 fully saturated rings. The molecule has 2 rings (SSSR count). The van der Waals surface area contributed by atoms with Crippen molar-refractivity contribution in [2.45, 2.75) is 39.0 Å². The zero-order chi connectivity index (χ0) is 11.8.